The molecule has 23 heavy (non-hydrogen) atoms. The van der Waals surface area contributed by atoms with Crippen molar-refractivity contribution in [1.82, 2.24) is 4.90 Å². The minimum Gasteiger partial charge on any atom is -0.325 e. The normalized spacial score (nSPS) is 18.1. The van der Waals surface area contributed by atoms with Crippen LogP contribution in [0.15, 0.2) is 48.5 Å². The van der Waals surface area contributed by atoms with Crippen LogP contribution in [0.5, 0.6) is 0 Å². The highest BCUT2D eigenvalue weighted by Gasteiger charge is 2.31. The highest BCUT2D eigenvalue weighted by molar-refractivity contribution is 5.94. The smallest absolute Gasteiger partial charge is 0.241 e. The zero-order valence-electron chi connectivity index (χ0n) is 12.6. The van der Waals surface area contributed by atoms with E-state index in [9.17, 15) is 13.6 Å². The van der Waals surface area contributed by atoms with Gasteiger partial charge < -0.3 is 5.32 Å². The Morgan fingerprint density at radius 2 is 1.91 bits per heavy atom. The standard InChI is InChI=1S/C18H18F2N2O/c19-15-9-4-6-13(17(15)20)12-22-11-5-10-16(22)18(23)21-14-7-2-1-3-8-14/h1-4,6-9,16H,5,10-12H2,(H,21,23)/t16-/m0/s1. The van der Waals surface area contributed by atoms with Crippen LogP contribution in [-0.4, -0.2) is 23.4 Å². The Hall–Kier alpha value is -2.27. The van der Waals surface area contributed by atoms with Crippen LogP contribution in [-0.2, 0) is 11.3 Å². The van der Waals surface area contributed by atoms with E-state index in [1.807, 2.05) is 35.2 Å². The first kappa shape index (κ1) is 15.6. The first-order valence-electron chi connectivity index (χ1n) is 7.68. The number of rotatable bonds is 4. The molecule has 0 radical (unpaired) electrons. The third-order valence-corrected chi connectivity index (χ3v) is 4.11. The summed E-state index contributed by atoms with van der Waals surface area (Å²) in [6, 6.07) is 13.1. The highest BCUT2D eigenvalue weighted by atomic mass is 19.2. The topological polar surface area (TPSA) is 32.3 Å². The number of nitrogens with zero attached hydrogens (tertiary/aromatic N) is 1. The van der Waals surface area contributed by atoms with Crippen LogP contribution < -0.4 is 5.32 Å². The third-order valence-electron chi connectivity index (χ3n) is 4.11. The zero-order chi connectivity index (χ0) is 16.2. The minimum atomic E-state index is -0.855. The number of nitrogens with one attached hydrogen (secondary N) is 1. The average Bonchev–Trinajstić information content (AvgIpc) is 3.01. The van der Waals surface area contributed by atoms with Crippen molar-refractivity contribution in [1.29, 1.82) is 0 Å². The van der Waals surface area contributed by atoms with Crippen molar-refractivity contribution in [3.05, 3.63) is 65.7 Å². The molecule has 1 N–H and O–H groups in total. The van der Waals surface area contributed by atoms with E-state index >= 15 is 0 Å². The van der Waals surface area contributed by atoms with Crippen molar-refractivity contribution < 1.29 is 13.6 Å². The van der Waals surface area contributed by atoms with Gasteiger partial charge in [-0.25, -0.2) is 8.78 Å². The second-order valence-electron chi connectivity index (χ2n) is 5.70. The SMILES string of the molecule is O=C(Nc1ccccc1)[C@@H]1CCCN1Cc1cccc(F)c1F. The van der Waals surface area contributed by atoms with Crippen molar-refractivity contribution in [3.63, 3.8) is 0 Å². The fourth-order valence-electron chi connectivity index (χ4n) is 2.95. The lowest BCUT2D eigenvalue weighted by Crippen LogP contribution is -2.39. The van der Waals surface area contributed by atoms with E-state index in [4.69, 9.17) is 0 Å². The molecule has 0 aromatic heterocycles. The number of para-hydroxylation sites is 1. The summed E-state index contributed by atoms with van der Waals surface area (Å²) in [5.74, 6) is -1.79. The number of hydrogen-bond donors (Lipinski definition) is 1. The molecule has 1 aliphatic rings. The van der Waals surface area contributed by atoms with Crippen LogP contribution in [0.4, 0.5) is 14.5 Å². The minimum absolute atomic E-state index is 0.106. The summed E-state index contributed by atoms with van der Waals surface area (Å²) in [5.41, 5.74) is 1.02. The molecular formula is C18H18F2N2O. The third kappa shape index (κ3) is 3.56. The van der Waals surface area contributed by atoms with Crippen molar-refractivity contribution in [2.24, 2.45) is 0 Å². The lowest BCUT2D eigenvalue weighted by Gasteiger charge is -2.24. The number of amides is 1. The van der Waals surface area contributed by atoms with E-state index in [0.717, 1.165) is 24.6 Å². The lowest BCUT2D eigenvalue weighted by molar-refractivity contribution is -0.120. The zero-order valence-corrected chi connectivity index (χ0v) is 12.6. The Morgan fingerprint density at radius 3 is 2.70 bits per heavy atom. The van der Waals surface area contributed by atoms with Crippen molar-refractivity contribution >= 4 is 11.6 Å². The summed E-state index contributed by atoms with van der Waals surface area (Å²) < 4.78 is 27.2. The number of carbonyl (C=O) groups is 1. The fourth-order valence-corrected chi connectivity index (χ4v) is 2.95. The van der Waals surface area contributed by atoms with Gasteiger partial charge in [0.25, 0.3) is 0 Å². The summed E-state index contributed by atoms with van der Waals surface area (Å²) >= 11 is 0. The van der Waals surface area contributed by atoms with E-state index in [0.29, 0.717) is 6.54 Å². The van der Waals surface area contributed by atoms with Crippen LogP contribution >= 0.6 is 0 Å². The Balaban J connectivity index is 1.70. The number of hydrogen-bond acceptors (Lipinski definition) is 2. The van der Waals surface area contributed by atoms with Gasteiger partial charge >= 0.3 is 0 Å². The largest absolute Gasteiger partial charge is 0.325 e. The van der Waals surface area contributed by atoms with E-state index in [-0.39, 0.29) is 24.1 Å². The summed E-state index contributed by atoms with van der Waals surface area (Å²) in [4.78, 5) is 14.3. The first-order chi connectivity index (χ1) is 11.1. The van der Waals surface area contributed by atoms with Gasteiger partial charge in [0.1, 0.15) is 0 Å². The molecule has 1 aliphatic heterocycles. The second kappa shape index (κ2) is 6.87. The predicted molar refractivity (Wildman–Crippen MR) is 84.9 cm³/mol. The van der Waals surface area contributed by atoms with Gasteiger partial charge in [0.15, 0.2) is 11.6 Å². The van der Waals surface area contributed by atoms with Gasteiger partial charge in [-0.3, -0.25) is 9.69 Å². The summed E-state index contributed by atoms with van der Waals surface area (Å²) in [5, 5.41) is 2.88. The van der Waals surface area contributed by atoms with Crippen LogP contribution in [0.2, 0.25) is 0 Å². The number of likely N-dealkylation sites (tertiary alicyclic amines) is 1. The Labute approximate surface area is 133 Å². The van der Waals surface area contributed by atoms with Gasteiger partial charge in [-0.15, -0.1) is 0 Å². The van der Waals surface area contributed by atoms with Gasteiger partial charge in [-0.05, 0) is 37.6 Å². The van der Waals surface area contributed by atoms with Crippen LogP contribution in [0.25, 0.3) is 0 Å². The molecule has 3 nitrogen and oxygen atoms in total. The molecular weight excluding hydrogens is 298 g/mol. The van der Waals surface area contributed by atoms with Gasteiger partial charge in [-0.1, -0.05) is 30.3 Å². The molecule has 5 heteroatoms. The summed E-state index contributed by atoms with van der Waals surface area (Å²) in [7, 11) is 0. The van der Waals surface area contributed by atoms with Gasteiger partial charge in [0.2, 0.25) is 5.91 Å². The van der Waals surface area contributed by atoms with E-state index in [1.165, 1.54) is 6.07 Å². The van der Waals surface area contributed by atoms with Crippen LogP contribution in [0.3, 0.4) is 0 Å². The number of carbonyl (C=O) groups excluding carboxylic acids is 1. The number of benzene rings is 2. The molecule has 0 aliphatic carbocycles. The van der Waals surface area contributed by atoms with Gasteiger partial charge in [0, 0.05) is 17.8 Å². The molecule has 0 unspecified atom stereocenters. The van der Waals surface area contributed by atoms with E-state index in [2.05, 4.69) is 5.32 Å². The maximum absolute atomic E-state index is 13.8. The van der Waals surface area contributed by atoms with Gasteiger partial charge in [-0.2, -0.15) is 0 Å². The fraction of sp³-hybridized carbons (Fsp3) is 0.278. The molecule has 1 atom stereocenters. The van der Waals surface area contributed by atoms with Crippen molar-refractivity contribution in [3.8, 4) is 0 Å². The Kier molecular flexibility index (Phi) is 4.67. The Morgan fingerprint density at radius 1 is 1.13 bits per heavy atom. The maximum Gasteiger partial charge on any atom is 0.241 e. The molecule has 120 valence electrons. The summed E-state index contributed by atoms with van der Waals surface area (Å²) in [6.45, 7) is 0.930. The first-order valence-corrected chi connectivity index (χ1v) is 7.68. The van der Waals surface area contributed by atoms with E-state index < -0.39 is 11.6 Å². The Bertz CT molecular complexity index is 691. The molecule has 1 fully saturated rings. The van der Waals surface area contributed by atoms with Crippen molar-refractivity contribution in [2.75, 3.05) is 11.9 Å². The molecule has 0 bridgehead atoms. The molecule has 1 saturated heterocycles. The lowest BCUT2D eigenvalue weighted by atomic mass is 10.1. The average molecular weight is 316 g/mol. The molecule has 0 saturated carbocycles. The van der Waals surface area contributed by atoms with Gasteiger partial charge in [0.05, 0.1) is 6.04 Å². The maximum atomic E-state index is 13.8. The second-order valence-corrected chi connectivity index (χ2v) is 5.70. The van der Waals surface area contributed by atoms with Crippen molar-refractivity contribution in [2.45, 2.75) is 25.4 Å². The molecule has 3 rings (SSSR count). The quantitative estimate of drug-likeness (QED) is 0.935. The number of anilines is 1. The predicted octanol–water partition coefficient (Wildman–Crippen LogP) is 3.57. The molecule has 1 amide bonds. The molecule has 2 aromatic rings. The molecule has 2 aromatic carbocycles. The summed E-state index contributed by atoms with van der Waals surface area (Å²) in [6.07, 6.45) is 1.58. The molecule has 0 spiro atoms. The van der Waals surface area contributed by atoms with E-state index in [1.54, 1.807) is 6.07 Å². The van der Waals surface area contributed by atoms with Crippen LogP contribution in [0, 0.1) is 11.6 Å². The monoisotopic (exact) mass is 316 g/mol. The number of halogens is 2. The molecule has 1 heterocycles. The van der Waals surface area contributed by atoms with Crippen LogP contribution in [0.1, 0.15) is 18.4 Å². The highest BCUT2D eigenvalue weighted by Crippen LogP contribution is 2.23.